The van der Waals surface area contributed by atoms with Crippen LogP contribution in [0, 0.1) is 5.92 Å². The van der Waals surface area contributed by atoms with Crippen molar-refractivity contribution in [3.8, 4) is 11.1 Å². The molecular formula is C23H19N. The van der Waals surface area contributed by atoms with Gasteiger partial charge in [-0.1, -0.05) is 78.9 Å². The average Bonchev–Trinajstić information content (AvgIpc) is 3.36. The van der Waals surface area contributed by atoms with Crippen LogP contribution in [0.15, 0.2) is 91.0 Å². The highest BCUT2D eigenvalue weighted by molar-refractivity contribution is 5.96. The molecule has 2 atom stereocenters. The summed E-state index contributed by atoms with van der Waals surface area (Å²) < 4.78 is 0. The zero-order chi connectivity index (χ0) is 16.0. The van der Waals surface area contributed by atoms with Gasteiger partial charge >= 0.3 is 0 Å². The molecule has 116 valence electrons. The molecule has 0 aromatic heterocycles. The number of anilines is 1. The van der Waals surface area contributed by atoms with Gasteiger partial charge in [0, 0.05) is 11.6 Å². The molecule has 1 fully saturated rings. The highest BCUT2D eigenvalue weighted by Gasteiger charge is 2.51. The van der Waals surface area contributed by atoms with Crippen molar-refractivity contribution in [2.24, 2.45) is 5.92 Å². The standard InChI is InChI=1S/C23H19N/c1-2-9-21-17(6-1)7-5-10-22(21)18-11-13-20(14-12-18)24-23-15-4-3-8-19(23)16-23/h1-15,19,24H,16H2. The summed E-state index contributed by atoms with van der Waals surface area (Å²) in [5, 5.41) is 6.30. The highest BCUT2D eigenvalue weighted by Crippen LogP contribution is 2.50. The van der Waals surface area contributed by atoms with Crippen molar-refractivity contribution >= 4 is 16.5 Å². The van der Waals surface area contributed by atoms with Crippen LogP contribution in [0.25, 0.3) is 21.9 Å². The Hall–Kier alpha value is -2.80. The first-order chi connectivity index (χ1) is 11.8. The van der Waals surface area contributed by atoms with Crippen molar-refractivity contribution in [1.29, 1.82) is 0 Å². The van der Waals surface area contributed by atoms with E-state index in [1.165, 1.54) is 34.0 Å². The zero-order valence-corrected chi connectivity index (χ0v) is 13.4. The molecule has 1 heteroatoms. The largest absolute Gasteiger partial charge is 0.375 e. The number of benzene rings is 3. The Bertz CT molecular complexity index is 960. The summed E-state index contributed by atoms with van der Waals surface area (Å²) in [6, 6.07) is 23.9. The fourth-order valence-electron chi connectivity index (χ4n) is 3.83. The molecule has 0 amide bonds. The van der Waals surface area contributed by atoms with Gasteiger partial charge in [-0.3, -0.25) is 0 Å². The lowest BCUT2D eigenvalue weighted by molar-refractivity contribution is 0.854. The normalized spacial score (nSPS) is 23.9. The van der Waals surface area contributed by atoms with Gasteiger partial charge in [-0.2, -0.15) is 0 Å². The molecule has 0 radical (unpaired) electrons. The Morgan fingerprint density at radius 1 is 0.833 bits per heavy atom. The second kappa shape index (κ2) is 5.10. The minimum absolute atomic E-state index is 0.162. The van der Waals surface area contributed by atoms with Crippen molar-refractivity contribution < 1.29 is 0 Å². The van der Waals surface area contributed by atoms with Crippen LogP contribution in [0.1, 0.15) is 6.42 Å². The van der Waals surface area contributed by atoms with Gasteiger partial charge in [0.15, 0.2) is 0 Å². The Morgan fingerprint density at radius 3 is 2.54 bits per heavy atom. The van der Waals surface area contributed by atoms with E-state index in [0.717, 1.165) is 0 Å². The summed E-state index contributed by atoms with van der Waals surface area (Å²) >= 11 is 0. The molecule has 1 nitrogen and oxygen atoms in total. The fraction of sp³-hybridized carbons (Fsp3) is 0.130. The summed E-state index contributed by atoms with van der Waals surface area (Å²) in [6.45, 7) is 0. The Kier molecular flexibility index (Phi) is 2.90. The van der Waals surface area contributed by atoms with Crippen molar-refractivity contribution in [2.75, 3.05) is 5.32 Å². The topological polar surface area (TPSA) is 12.0 Å². The second-order valence-electron chi connectivity index (χ2n) is 6.82. The minimum atomic E-state index is 0.162. The number of hydrogen-bond acceptors (Lipinski definition) is 1. The molecule has 0 bridgehead atoms. The van der Waals surface area contributed by atoms with Gasteiger partial charge < -0.3 is 5.32 Å². The van der Waals surface area contributed by atoms with Crippen LogP contribution in [0.3, 0.4) is 0 Å². The zero-order valence-electron chi connectivity index (χ0n) is 13.4. The predicted molar refractivity (Wildman–Crippen MR) is 102 cm³/mol. The van der Waals surface area contributed by atoms with Crippen LogP contribution < -0.4 is 5.32 Å². The number of nitrogens with one attached hydrogen (secondary N) is 1. The smallest absolute Gasteiger partial charge is 0.0629 e. The molecule has 0 aliphatic heterocycles. The van der Waals surface area contributed by atoms with Gasteiger partial charge in [0.05, 0.1) is 5.54 Å². The lowest BCUT2D eigenvalue weighted by atomic mass is 9.98. The summed E-state index contributed by atoms with van der Waals surface area (Å²) in [6.07, 6.45) is 10.1. The molecule has 1 N–H and O–H groups in total. The lowest BCUT2D eigenvalue weighted by Gasteiger charge is -2.18. The van der Waals surface area contributed by atoms with Gasteiger partial charge in [0.25, 0.3) is 0 Å². The number of rotatable bonds is 3. The third kappa shape index (κ3) is 2.16. The predicted octanol–water partition coefficient (Wildman–Crippen LogP) is 5.80. The maximum atomic E-state index is 3.71. The van der Waals surface area contributed by atoms with Crippen molar-refractivity contribution in [3.05, 3.63) is 91.0 Å². The van der Waals surface area contributed by atoms with Gasteiger partial charge in [-0.05, 0) is 40.5 Å². The van der Waals surface area contributed by atoms with E-state index in [1.54, 1.807) is 0 Å². The third-order valence-corrected chi connectivity index (χ3v) is 5.27. The van der Waals surface area contributed by atoms with E-state index < -0.39 is 0 Å². The summed E-state index contributed by atoms with van der Waals surface area (Å²) in [4.78, 5) is 0. The van der Waals surface area contributed by atoms with E-state index in [1.807, 2.05) is 0 Å². The summed E-state index contributed by atoms with van der Waals surface area (Å²) in [5.41, 5.74) is 3.92. The van der Waals surface area contributed by atoms with E-state index >= 15 is 0 Å². The van der Waals surface area contributed by atoms with Crippen LogP contribution in [-0.4, -0.2) is 5.54 Å². The van der Waals surface area contributed by atoms with E-state index in [2.05, 4.69) is 96.4 Å². The Balaban J connectivity index is 1.46. The molecule has 3 aromatic rings. The first-order valence-electron chi connectivity index (χ1n) is 8.57. The van der Waals surface area contributed by atoms with E-state index in [4.69, 9.17) is 0 Å². The molecule has 3 aromatic carbocycles. The molecular weight excluding hydrogens is 290 g/mol. The minimum Gasteiger partial charge on any atom is -0.375 e. The molecule has 1 saturated carbocycles. The Morgan fingerprint density at radius 2 is 1.67 bits per heavy atom. The van der Waals surface area contributed by atoms with Crippen molar-refractivity contribution in [1.82, 2.24) is 0 Å². The molecule has 5 rings (SSSR count). The van der Waals surface area contributed by atoms with Crippen LogP contribution in [0.2, 0.25) is 0 Å². The molecule has 0 saturated heterocycles. The summed E-state index contributed by atoms with van der Waals surface area (Å²) in [5.74, 6) is 0.653. The van der Waals surface area contributed by atoms with Crippen molar-refractivity contribution in [3.63, 3.8) is 0 Å². The fourth-order valence-corrected chi connectivity index (χ4v) is 3.83. The number of fused-ring (bicyclic) bond motifs is 2. The molecule has 2 unspecified atom stereocenters. The quantitative estimate of drug-likeness (QED) is 0.644. The average molecular weight is 309 g/mol. The van der Waals surface area contributed by atoms with Gasteiger partial charge in [0.1, 0.15) is 0 Å². The van der Waals surface area contributed by atoms with E-state index in [0.29, 0.717) is 5.92 Å². The molecule has 0 spiro atoms. The molecule has 24 heavy (non-hydrogen) atoms. The van der Waals surface area contributed by atoms with Crippen LogP contribution >= 0.6 is 0 Å². The van der Waals surface area contributed by atoms with Gasteiger partial charge in [-0.25, -0.2) is 0 Å². The van der Waals surface area contributed by atoms with Crippen LogP contribution in [-0.2, 0) is 0 Å². The van der Waals surface area contributed by atoms with E-state index in [9.17, 15) is 0 Å². The maximum absolute atomic E-state index is 3.71. The van der Waals surface area contributed by atoms with Gasteiger partial charge in [0.2, 0.25) is 0 Å². The summed E-state index contributed by atoms with van der Waals surface area (Å²) in [7, 11) is 0. The maximum Gasteiger partial charge on any atom is 0.0629 e. The monoisotopic (exact) mass is 309 g/mol. The highest BCUT2D eigenvalue weighted by atomic mass is 15.0. The Labute approximate surface area is 142 Å². The lowest BCUT2D eigenvalue weighted by Crippen LogP contribution is -2.21. The van der Waals surface area contributed by atoms with Gasteiger partial charge in [-0.15, -0.1) is 0 Å². The molecule has 0 heterocycles. The second-order valence-corrected chi connectivity index (χ2v) is 6.82. The third-order valence-electron chi connectivity index (χ3n) is 5.27. The van der Waals surface area contributed by atoms with Crippen LogP contribution in [0.5, 0.6) is 0 Å². The number of hydrogen-bond donors (Lipinski definition) is 1. The SMILES string of the molecule is C1=CC2CC2(Nc2ccc(-c3cccc4ccccc34)cc2)C=C1. The molecule has 2 aliphatic rings. The van der Waals surface area contributed by atoms with Crippen molar-refractivity contribution in [2.45, 2.75) is 12.0 Å². The number of allylic oxidation sites excluding steroid dienone is 2. The van der Waals surface area contributed by atoms with Crippen LogP contribution in [0.4, 0.5) is 5.69 Å². The molecule has 2 aliphatic carbocycles. The first kappa shape index (κ1) is 13.6. The van der Waals surface area contributed by atoms with E-state index in [-0.39, 0.29) is 5.54 Å². The first-order valence-corrected chi connectivity index (χ1v) is 8.57.